The molecule has 0 aliphatic heterocycles. The standard InChI is InChI=1S/C21H17N3O2/c1-14-6-9-16(10-7-14)26-20-5-3-2-4-18(20)24-21(25)15-8-11-17-19(12-15)23-13-22-17/h2-13H,1H3,(H,22,23)(H,24,25). The molecule has 26 heavy (non-hydrogen) atoms. The lowest BCUT2D eigenvalue weighted by molar-refractivity contribution is 0.102. The predicted octanol–water partition coefficient (Wildman–Crippen LogP) is 4.92. The van der Waals surface area contributed by atoms with Crippen LogP contribution in [0.5, 0.6) is 11.5 Å². The molecule has 1 amide bonds. The third-order valence-electron chi connectivity index (χ3n) is 4.07. The summed E-state index contributed by atoms with van der Waals surface area (Å²) in [4.78, 5) is 19.8. The Bertz CT molecular complexity index is 1070. The molecule has 128 valence electrons. The number of nitrogens with one attached hydrogen (secondary N) is 2. The average Bonchev–Trinajstić information content (AvgIpc) is 3.13. The monoisotopic (exact) mass is 343 g/mol. The molecule has 0 aliphatic rings. The van der Waals surface area contributed by atoms with Crippen LogP contribution in [-0.2, 0) is 0 Å². The van der Waals surface area contributed by atoms with Gasteiger partial charge in [0, 0.05) is 5.56 Å². The molecule has 3 aromatic carbocycles. The second kappa shape index (κ2) is 6.72. The number of amides is 1. The maximum absolute atomic E-state index is 12.6. The van der Waals surface area contributed by atoms with Gasteiger partial charge >= 0.3 is 0 Å². The Morgan fingerprint density at radius 2 is 1.85 bits per heavy atom. The number of hydrogen-bond donors (Lipinski definition) is 2. The largest absolute Gasteiger partial charge is 0.455 e. The first-order valence-corrected chi connectivity index (χ1v) is 8.27. The summed E-state index contributed by atoms with van der Waals surface area (Å²) in [6.45, 7) is 2.02. The molecule has 1 heterocycles. The Kier molecular flexibility index (Phi) is 4.11. The Labute approximate surface area is 150 Å². The maximum Gasteiger partial charge on any atom is 0.255 e. The molecule has 0 bridgehead atoms. The lowest BCUT2D eigenvalue weighted by Crippen LogP contribution is -2.12. The second-order valence-electron chi connectivity index (χ2n) is 6.00. The van der Waals surface area contributed by atoms with E-state index in [2.05, 4.69) is 15.3 Å². The van der Waals surface area contributed by atoms with E-state index in [0.717, 1.165) is 22.3 Å². The molecule has 4 aromatic rings. The molecule has 0 spiro atoms. The Morgan fingerprint density at radius 1 is 1.04 bits per heavy atom. The number of carbonyl (C=O) groups excluding carboxylic acids is 1. The molecule has 4 rings (SSSR count). The Balaban J connectivity index is 1.57. The van der Waals surface area contributed by atoms with Gasteiger partial charge < -0.3 is 15.0 Å². The van der Waals surface area contributed by atoms with E-state index in [1.165, 1.54) is 0 Å². The number of hydrogen-bond acceptors (Lipinski definition) is 3. The van der Waals surface area contributed by atoms with Gasteiger partial charge in [0.25, 0.3) is 5.91 Å². The second-order valence-corrected chi connectivity index (χ2v) is 6.00. The van der Waals surface area contributed by atoms with Gasteiger partial charge in [0.2, 0.25) is 0 Å². The molecule has 0 saturated heterocycles. The molecule has 1 aromatic heterocycles. The SMILES string of the molecule is Cc1ccc(Oc2ccccc2NC(=O)c2ccc3nc[nH]c3c2)cc1. The van der Waals surface area contributed by atoms with E-state index >= 15 is 0 Å². The van der Waals surface area contributed by atoms with Crippen molar-refractivity contribution in [1.29, 1.82) is 0 Å². The smallest absolute Gasteiger partial charge is 0.255 e. The van der Waals surface area contributed by atoms with Gasteiger partial charge in [-0.25, -0.2) is 4.98 Å². The summed E-state index contributed by atoms with van der Waals surface area (Å²) in [6, 6.07) is 20.5. The molecule has 0 radical (unpaired) electrons. The Morgan fingerprint density at radius 3 is 2.69 bits per heavy atom. The van der Waals surface area contributed by atoms with Crippen molar-refractivity contribution in [3.63, 3.8) is 0 Å². The minimum absolute atomic E-state index is 0.207. The molecular formula is C21H17N3O2. The summed E-state index contributed by atoms with van der Waals surface area (Å²) in [6.07, 6.45) is 1.61. The molecule has 5 nitrogen and oxygen atoms in total. The van der Waals surface area contributed by atoms with Gasteiger partial charge in [0.15, 0.2) is 5.75 Å². The van der Waals surface area contributed by atoms with Gasteiger partial charge in [-0.3, -0.25) is 4.79 Å². The third kappa shape index (κ3) is 3.28. The van der Waals surface area contributed by atoms with Crippen molar-refractivity contribution in [2.75, 3.05) is 5.32 Å². The van der Waals surface area contributed by atoms with E-state index in [1.807, 2.05) is 61.5 Å². The normalized spacial score (nSPS) is 10.7. The fourth-order valence-corrected chi connectivity index (χ4v) is 2.66. The average molecular weight is 343 g/mol. The number of carbonyl (C=O) groups is 1. The van der Waals surface area contributed by atoms with E-state index in [4.69, 9.17) is 4.74 Å². The number of benzene rings is 3. The topological polar surface area (TPSA) is 67.0 Å². The molecular weight excluding hydrogens is 326 g/mol. The number of aromatic nitrogens is 2. The molecule has 0 aliphatic carbocycles. The fraction of sp³-hybridized carbons (Fsp3) is 0.0476. The van der Waals surface area contributed by atoms with Gasteiger partial charge in [0.05, 0.1) is 23.0 Å². The van der Waals surface area contributed by atoms with Crippen molar-refractivity contribution in [2.45, 2.75) is 6.92 Å². The third-order valence-corrected chi connectivity index (χ3v) is 4.07. The quantitative estimate of drug-likeness (QED) is 0.553. The number of para-hydroxylation sites is 2. The number of H-pyrrole nitrogens is 1. The molecule has 0 saturated carbocycles. The summed E-state index contributed by atoms with van der Waals surface area (Å²) >= 11 is 0. The van der Waals surface area contributed by atoms with Gasteiger partial charge in [-0.05, 0) is 49.4 Å². The zero-order valence-electron chi connectivity index (χ0n) is 14.2. The van der Waals surface area contributed by atoms with Crippen LogP contribution in [0.15, 0.2) is 73.1 Å². The maximum atomic E-state index is 12.6. The highest BCUT2D eigenvalue weighted by Crippen LogP contribution is 2.29. The van der Waals surface area contributed by atoms with Crippen LogP contribution in [0.2, 0.25) is 0 Å². The van der Waals surface area contributed by atoms with Crippen molar-refractivity contribution in [3.05, 3.63) is 84.2 Å². The van der Waals surface area contributed by atoms with Crippen molar-refractivity contribution in [3.8, 4) is 11.5 Å². The van der Waals surface area contributed by atoms with E-state index in [1.54, 1.807) is 18.5 Å². The van der Waals surface area contributed by atoms with Crippen LogP contribution in [0.1, 0.15) is 15.9 Å². The van der Waals surface area contributed by atoms with Crippen LogP contribution in [0.3, 0.4) is 0 Å². The highest BCUT2D eigenvalue weighted by molar-refractivity contribution is 6.06. The lowest BCUT2D eigenvalue weighted by Gasteiger charge is -2.12. The van der Waals surface area contributed by atoms with Gasteiger partial charge in [-0.15, -0.1) is 0 Å². The zero-order valence-corrected chi connectivity index (χ0v) is 14.2. The van der Waals surface area contributed by atoms with E-state index in [0.29, 0.717) is 17.0 Å². The number of ether oxygens (including phenoxy) is 1. The van der Waals surface area contributed by atoms with Gasteiger partial charge in [-0.2, -0.15) is 0 Å². The molecule has 0 atom stereocenters. The minimum Gasteiger partial charge on any atom is -0.455 e. The van der Waals surface area contributed by atoms with E-state index in [-0.39, 0.29) is 5.91 Å². The van der Waals surface area contributed by atoms with Crippen molar-refractivity contribution >= 4 is 22.6 Å². The van der Waals surface area contributed by atoms with Crippen molar-refractivity contribution in [1.82, 2.24) is 9.97 Å². The van der Waals surface area contributed by atoms with Crippen LogP contribution >= 0.6 is 0 Å². The molecule has 0 unspecified atom stereocenters. The molecule has 0 fully saturated rings. The number of aryl methyl sites for hydroxylation is 1. The first-order valence-electron chi connectivity index (χ1n) is 8.27. The summed E-state index contributed by atoms with van der Waals surface area (Å²) in [5.41, 5.74) is 3.97. The first-order chi connectivity index (χ1) is 12.7. The fourth-order valence-electron chi connectivity index (χ4n) is 2.66. The summed E-state index contributed by atoms with van der Waals surface area (Å²) in [7, 11) is 0. The lowest BCUT2D eigenvalue weighted by atomic mass is 10.2. The Hall–Kier alpha value is -3.60. The van der Waals surface area contributed by atoms with Gasteiger partial charge in [0.1, 0.15) is 5.75 Å². The number of imidazole rings is 1. The summed E-state index contributed by atoms with van der Waals surface area (Å²) in [5.74, 6) is 1.10. The van der Waals surface area contributed by atoms with Crippen LogP contribution in [0, 0.1) is 6.92 Å². The number of fused-ring (bicyclic) bond motifs is 1. The summed E-state index contributed by atoms with van der Waals surface area (Å²) < 4.78 is 5.93. The molecule has 5 heteroatoms. The summed E-state index contributed by atoms with van der Waals surface area (Å²) in [5, 5.41) is 2.92. The van der Waals surface area contributed by atoms with Crippen molar-refractivity contribution < 1.29 is 9.53 Å². The van der Waals surface area contributed by atoms with Crippen LogP contribution in [0.25, 0.3) is 11.0 Å². The van der Waals surface area contributed by atoms with Crippen LogP contribution in [0.4, 0.5) is 5.69 Å². The molecule has 2 N–H and O–H groups in total. The predicted molar refractivity (Wildman–Crippen MR) is 102 cm³/mol. The number of aromatic amines is 1. The van der Waals surface area contributed by atoms with Gasteiger partial charge in [-0.1, -0.05) is 29.8 Å². The highest BCUT2D eigenvalue weighted by Gasteiger charge is 2.11. The minimum atomic E-state index is -0.207. The van der Waals surface area contributed by atoms with Crippen LogP contribution in [-0.4, -0.2) is 15.9 Å². The first kappa shape index (κ1) is 15.9. The van der Waals surface area contributed by atoms with Crippen molar-refractivity contribution in [2.24, 2.45) is 0 Å². The van der Waals surface area contributed by atoms with Crippen LogP contribution < -0.4 is 10.1 Å². The highest BCUT2D eigenvalue weighted by atomic mass is 16.5. The zero-order chi connectivity index (χ0) is 17.9. The number of nitrogens with zero attached hydrogens (tertiary/aromatic N) is 1. The van der Waals surface area contributed by atoms with E-state index in [9.17, 15) is 4.79 Å². The van der Waals surface area contributed by atoms with E-state index < -0.39 is 0 Å². The number of anilines is 1. The number of rotatable bonds is 4.